The topological polar surface area (TPSA) is 54.6 Å². The van der Waals surface area contributed by atoms with E-state index in [1.165, 1.54) is 0 Å². The third-order valence-electron chi connectivity index (χ3n) is 3.90. The van der Waals surface area contributed by atoms with E-state index in [-0.39, 0.29) is 0 Å². The van der Waals surface area contributed by atoms with Crippen LogP contribution in [0.2, 0.25) is 5.02 Å². The zero-order chi connectivity index (χ0) is 16.1. The minimum atomic E-state index is 0.645. The summed E-state index contributed by atoms with van der Waals surface area (Å²) in [6.07, 6.45) is 0. The van der Waals surface area contributed by atoms with Crippen LogP contribution >= 0.6 is 11.6 Å². The molecule has 1 aromatic carbocycles. The van der Waals surface area contributed by atoms with Crippen molar-refractivity contribution in [2.75, 3.05) is 39.3 Å². The summed E-state index contributed by atoms with van der Waals surface area (Å²) in [6.45, 7) is 8.12. The summed E-state index contributed by atoms with van der Waals surface area (Å²) in [5, 5.41) is 4.48. The molecule has 1 aromatic heterocycles. The standard InChI is InChI=1S/C16H21ClN4O2/c1-13-18-16(23-19-13)12-21-8-6-20(7-9-21)10-11-22-15-5-3-2-4-14(15)17/h2-5H,6-12H2,1H3. The number of rotatable bonds is 6. The Morgan fingerprint density at radius 2 is 1.91 bits per heavy atom. The number of para-hydroxylation sites is 1. The van der Waals surface area contributed by atoms with Gasteiger partial charge in [0, 0.05) is 32.7 Å². The van der Waals surface area contributed by atoms with Gasteiger partial charge in [0.1, 0.15) is 12.4 Å². The molecule has 0 bridgehead atoms. The number of aromatic nitrogens is 2. The van der Waals surface area contributed by atoms with Crippen molar-refractivity contribution in [2.45, 2.75) is 13.5 Å². The molecule has 0 unspecified atom stereocenters. The van der Waals surface area contributed by atoms with E-state index in [0.29, 0.717) is 23.3 Å². The summed E-state index contributed by atoms with van der Waals surface area (Å²) in [7, 11) is 0. The van der Waals surface area contributed by atoms with E-state index in [9.17, 15) is 0 Å². The first kappa shape index (κ1) is 16.2. The minimum absolute atomic E-state index is 0.645. The van der Waals surface area contributed by atoms with E-state index in [0.717, 1.165) is 45.0 Å². The number of ether oxygens (including phenoxy) is 1. The van der Waals surface area contributed by atoms with Gasteiger partial charge in [0.05, 0.1) is 11.6 Å². The Bertz CT molecular complexity index is 626. The van der Waals surface area contributed by atoms with Crippen molar-refractivity contribution in [3.05, 3.63) is 41.0 Å². The molecular formula is C16H21ClN4O2. The summed E-state index contributed by atoms with van der Waals surface area (Å²) in [4.78, 5) is 8.98. The van der Waals surface area contributed by atoms with Crippen LogP contribution in [-0.2, 0) is 6.54 Å². The maximum absolute atomic E-state index is 6.08. The monoisotopic (exact) mass is 336 g/mol. The van der Waals surface area contributed by atoms with E-state index in [4.69, 9.17) is 20.9 Å². The second kappa shape index (κ2) is 7.77. The molecule has 0 amide bonds. The van der Waals surface area contributed by atoms with Gasteiger partial charge in [0.15, 0.2) is 5.82 Å². The van der Waals surface area contributed by atoms with Crippen LogP contribution in [-0.4, -0.2) is 59.3 Å². The van der Waals surface area contributed by atoms with Crippen molar-refractivity contribution in [1.29, 1.82) is 0 Å². The Morgan fingerprint density at radius 1 is 1.17 bits per heavy atom. The summed E-state index contributed by atoms with van der Waals surface area (Å²) < 4.78 is 10.9. The van der Waals surface area contributed by atoms with Gasteiger partial charge in [0.2, 0.25) is 5.89 Å². The van der Waals surface area contributed by atoms with Gasteiger partial charge in [-0.25, -0.2) is 0 Å². The lowest BCUT2D eigenvalue weighted by Gasteiger charge is -2.33. The number of halogens is 1. The summed E-state index contributed by atoms with van der Waals surface area (Å²) in [6, 6.07) is 7.57. The van der Waals surface area contributed by atoms with Crippen LogP contribution in [0.25, 0.3) is 0 Å². The van der Waals surface area contributed by atoms with E-state index < -0.39 is 0 Å². The lowest BCUT2D eigenvalue weighted by atomic mass is 10.3. The third kappa shape index (κ3) is 4.67. The van der Waals surface area contributed by atoms with Crippen LogP contribution in [0.5, 0.6) is 5.75 Å². The summed E-state index contributed by atoms with van der Waals surface area (Å²) in [5.74, 6) is 2.13. The van der Waals surface area contributed by atoms with Crippen LogP contribution in [0, 0.1) is 6.92 Å². The highest BCUT2D eigenvalue weighted by atomic mass is 35.5. The van der Waals surface area contributed by atoms with Crippen molar-refractivity contribution in [2.24, 2.45) is 0 Å². The van der Waals surface area contributed by atoms with Crippen molar-refractivity contribution < 1.29 is 9.26 Å². The maximum Gasteiger partial charge on any atom is 0.240 e. The average Bonchev–Trinajstić information content (AvgIpc) is 2.96. The number of hydrogen-bond acceptors (Lipinski definition) is 6. The number of nitrogens with zero attached hydrogens (tertiary/aromatic N) is 4. The Labute approximate surface area is 141 Å². The molecule has 0 saturated carbocycles. The van der Waals surface area contributed by atoms with Gasteiger partial charge < -0.3 is 9.26 Å². The second-order valence-electron chi connectivity index (χ2n) is 5.63. The van der Waals surface area contributed by atoms with Gasteiger partial charge in [-0.1, -0.05) is 28.9 Å². The molecule has 7 heteroatoms. The number of aryl methyl sites for hydroxylation is 1. The lowest BCUT2D eigenvalue weighted by molar-refractivity contribution is 0.104. The molecule has 0 spiro atoms. The third-order valence-corrected chi connectivity index (χ3v) is 4.21. The molecule has 1 aliphatic rings. The summed E-state index contributed by atoms with van der Waals surface area (Å²) in [5.41, 5.74) is 0. The molecule has 2 heterocycles. The Morgan fingerprint density at radius 3 is 2.61 bits per heavy atom. The van der Waals surface area contributed by atoms with Gasteiger partial charge >= 0.3 is 0 Å². The van der Waals surface area contributed by atoms with Crippen LogP contribution in [0.3, 0.4) is 0 Å². The first-order valence-electron chi connectivity index (χ1n) is 7.82. The molecule has 2 aromatic rings. The molecular weight excluding hydrogens is 316 g/mol. The van der Waals surface area contributed by atoms with Crippen LogP contribution in [0.4, 0.5) is 0 Å². The van der Waals surface area contributed by atoms with Crippen molar-refractivity contribution in [3.63, 3.8) is 0 Å². The van der Waals surface area contributed by atoms with E-state index >= 15 is 0 Å². The molecule has 0 N–H and O–H groups in total. The SMILES string of the molecule is Cc1noc(CN2CCN(CCOc3ccccc3Cl)CC2)n1. The zero-order valence-corrected chi connectivity index (χ0v) is 14.0. The van der Waals surface area contributed by atoms with Crippen molar-refractivity contribution in [3.8, 4) is 5.75 Å². The number of piperazine rings is 1. The Balaban J connectivity index is 1.37. The van der Waals surface area contributed by atoms with Crippen LogP contribution in [0.15, 0.2) is 28.8 Å². The molecule has 124 valence electrons. The smallest absolute Gasteiger partial charge is 0.240 e. The Hall–Kier alpha value is -1.63. The number of benzene rings is 1. The van der Waals surface area contributed by atoms with Gasteiger partial charge in [-0.05, 0) is 19.1 Å². The largest absolute Gasteiger partial charge is 0.491 e. The molecule has 23 heavy (non-hydrogen) atoms. The van der Waals surface area contributed by atoms with Crippen molar-refractivity contribution >= 4 is 11.6 Å². The maximum atomic E-state index is 6.08. The van der Waals surface area contributed by atoms with E-state index in [1.807, 2.05) is 31.2 Å². The highest BCUT2D eigenvalue weighted by molar-refractivity contribution is 6.32. The van der Waals surface area contributed by atoms with Crippen LogP contribution < -0.4 is 4.74 Å². The predicted molar refractivity (Wildman–Crippen MR) is 87.7 cm³/mol. The fraction of sp³-hybridized carbons (Fsp3) is 0.500. The van der Waals surface area contributed by atoms with Gasteiger partial charge in [0.25, 0.3) is 0 Å². The van der Waals surface area contributed by atoms with E-state index in [1.54, 1.807) is 0 Å². The molecule has 0 radical (unpaired) electrons. The quantitative estimate of drug-likeness (QED) is 0.806. The zero-order valence-electron chi connectivity index (χ0n) is 13.2. The first-order valence-corrected chi connectivity index (χ1v) is 8.20. The van der Waals surface area contributed by atoms with Gasteiger partial charge in [-0.2, -0.15) is 4.98 Å². The minimum Gasteiger partial charge on any atom is -0.491 e. The fourth-order valence-corrected chi connectivity index (χ4v) is 2.80. The normalized spacial score (nSPS) is 16.6. The van der Waals surface area contributed by atoms with Crippen LogP contribution in [0.1, 0.15) is 11.7 Å². The average molecular weight is 337 g/mol. The second-order valence-corrected chi connectivity index (χ2v) is 6.04. The fourth-order valence-electron chi connectivity index (χ4n) is 2.61. The molecule has 3 rings (SSSR count). The van der Waals surface area contributed by atoms with E-state index in [2.05, 4.69) is 19.9 Å². The molecule has 1 aliphatic heterocycles. The lowest BCUT2D eigenvalue weighted by Crippen LogP contribution is -2.47. The molecule has 6 nitrogen and oxygen atoms in total. The summed E-state index contributed by atoms with van der Waals surface area (Å²) >= 11 is 6.08. The highest BCUT2D eigenvalue weighted by Crippen LogP contribution is 2.22. The predicted octanol–water partition coefficient (Wildman–Crippen LogP) is 2.23. The number of hydrogen-bond donors (Lipinski definition) is 0. The molecule has 1 saturated heterocycles. The molecule has 0 aliphatic carbocycles. The first-order chi connectivity index (χ1) is 11.2. The van der Waals surface area contributed by atoms with Gasteiger partial charge in [-0.15, -0.1) is 0 Å². The molecule has 0 atom stereocenters. The highest BCUT2D eigenvalue weighted by Gasteiger charge is 2.18. The van der Waals surface area contributed by atoms with Gasteiger partial charge in [-0.3, -0.25) is 9.80 Å². The molecule has 1 fully saturated rings. The Kier molecular flexibility index (Phi) is 5.48. The van der Waals surface area contributed by atoms with Crippen molar-refractivity contribution in [1.82, 2.24) is 19.9 Å².